The smallest absolute Gasteiger partial charge is 0.407 e. The molecular formula is C25H40N2O6. The summed E-state index contributed by atoms with van der Waals surface area (Å²) in [6, 6.07) is 7.36. The molecule has 1 aromatic carbocycles. The molecule has 0 spiro atoms. The van der Waals surface area contributed by atoms with Gasteiger partial charge in [-0.2, -0.15) is 0 Å². The fraction of sp³-hybridized carbons (Fsp3) is 0.640. The van der Waals surface area contributed by atoms with Crippen molar-refractivity contribution in [1.29, 1.82) is 0 Å². The molecule has 0 aliphatic rings. The number of primary amides is 1. The molecule has 0 fully saturated rings. The number of ether oxygens (including phenoxy) is 3. The molecule has 33 heavy (non-hydrogen) atoms. The third-order valence-corrected chi connectivity index (χ3v) is 4.54. The monoisotopic (exact) mass is 464 g/mol. The number of nitrogens with one attached hydrogen (secondary N) is 1. The van der Waals surface area contributed by atoms with Crippen LogP contribution in [-0.4, -0.2) is 41.3 Å². The summed E-state index contributed by atoms with van der Waals surface area (Å²) in [5, 5.41) is 2.78. The minimum absolute atomic E-state index is 0.126. The van der Waals surface area contributed by atoms with Crippen molar-refractivity contribution in [2.45, 2.75) is 104 Å². The number of hydrogen-bond donors (Lipinski definition) is 2. The van der Waals surface area contributed by atoms with E-state index in [9.17, 15) is 14.4 Å². The van der Waals surface area contributed by atoms with E-state index in [0.717, 1.165) is 11.1 Å². The maximum absolute atomic E-state index is 12.2. The van der Waals surface area contributed by atoms with E-state index in [4.69, 9.17) is 19.9 Å². The third-order valence-electron chi connectivity index (χ3n) is 4.54. The summed E-state index contributed by atoms with van der Waals surface area (Å²) in [5.41, 5.74) is 6.14. The number of amides is 2. The lowest BCUT2D eigenvalue weighted by Crippen LogP contribution is -2.45. The molecule has 8 heteroatoms. The van der Waals surface area contributed by atoms with Gasteiger partial charge in [0.05, 0.1) is 18.8 Å². The molecule has 0 radical (unpaired) electrons. The highest BCUT2D eigenvalue weighted by atomic mass is 16.6. The Morgan fingerprint density at radius 3 is 1.97 bits per heavy atom. The number of carbonyl (C=O) groups excluding carboxylic acids is 3. The van der Waals surface area contributed by atoms with Crippen molar-refractivity contribution in [1.82, 2.24) is 5.32 Å². The average Bonchev–Trinajstić information content (AvgIpc) is 2.65. The van der Waals surface area contributed by atoms with Crippen LogP contribution in [0.25, 0.3) is 0 Å². The van der Waals surface area contributed by atoms with Gasteiger partial charge in [-0.1, -0.05) is 24.3 Å². The highest BCUT2D eigenvalue weighted by Crippen LogP contribution is 2.15. The van der Waals surface area contributed by atoms with Crippen LogP contribution in [-0.2, 0) is 36.8 Å². The molecule has 2 atom stereocenters. The fourth-order valence-electron chi connectivity index (χ4n) is 2.97. The lowest BCUT2D eigenvalue weighted by Gasteiger charge is -2.27. The van der Waals surface area contributed by atoms with E-state index in [-0.39, 0.29) is 18.5 Å². The van der Waals surface area contributed by atoms with Crippen LogP contribution >= 0.6 is 0 Å². The van der Waals surface area contributed by atoms with Crippen molar-refractivity contribution in [3.05, 3.63) is 35.4 Å². The van der Waals surface area contributed by atoms with Crippen molar-refractivity contribution >= 4 is 18.0 Å². The molecule has 1 rings (SSSR count). The van der Waals surface area contributed by atoms with E-state index in [1.807, 2.05) is 52.0 Å². The number of esters is 1. The Morgan fingerprint density at radius 1 is 0.909 bits per heavy atom. The van der Waals surface area contributed by atoms with Crippen molar-refractivity contribution < 1.29 is 28.6 Å². The topological polar surface area (TPSA) is 117 Å². The van der Waals surface area contributed by atoms with Crippen molar-refractivity contribution in [3.8, 4) is 0 Å². The van der Waals surface area contributed by atoms with Gasteiger partial charge in [0.25, 0.3) is 0 Å². The van der Waals surface area contributed by atoms with Gasteiger partial charge in [0.15, 0.2) is 0 Å². The Hall–Kier alpha value is -2.61. The molecule has 3 N–H and O–H groups in total. The molecule has 186 valence electrons. The van der Waals surface area contributed by atoms with Gasteiger partial charge in [0.1, 0.15) is 11.2 Å². The van der Waals surface area contributed by atoms with Crippen LogP contribution in [0.3, 0.4) is 0 Å². The van der Waals surface area contributed by atoms with Gasteiger partial charge in [0.2, 0.25) is 5.91 Å². The first-order valence-electron chi connectivity index (χ1n) is 11.3. The third kappa shape index (κ3) is 13.5. The molecule has 0 saturated heterocycles. The summed E-state index contributed by atoms with van der Waals surface area (Å²) in [6.45, 7) is 13.0. The summed E-state index contributed by atoms with van der Waals surface area (Å²) in [7, 11) is 0. The second kappa shape index (κ2) is 12.6. The summed E-state index contributed by atoms with van der Waals surface area (Å²) >= 11 is 0. The average molecular weight is 465 g/mol. The van der Waals surface area contributed by atoms with Crippen molar-refractivity contribution in [2.24, 2.45) is 5.73 Å². The molecule has 0 heterocycles. The number of carbonyl (C=O) groups is 3. The fourth-order valence-corrected chi connectivity index (χ4v) is 2.97. The van der Waals surface area contributed by atoms with Gasteiger partial charge in [-0.25, -0.2) is 4.79 Å². The zero-order valence-corrected chi connectivity index (χ0v) is 21.0. The number of hydrogen-bond acceptors (Lipinski definition) is 6. The number of rotatable bonds is 11. The Labute approximate surface area is 197 Å². The number of nitrogens with two attached hydrogens (primary N) is 1. The van der Waals surface area contributed by atoms with Crippen molar-refractivity contribution in [2.75, 3.05) is 0 Å². The van der Waals surface area contributed by atoms with Crippen LogP contribution < -0.4 is 11.1 Å². The second-order valence-electron chi connectivity index (χ2n) is 10.2. The van der Waals surface area contributed by atoms with Gasteiger partial charge < -0.3 is 25.3 Å². The summed E-state index contributed by atoms with van der Waals surface area (Å²) in [6.07, 6.45) is 0.453. The quantitative estimate of drug-likeness (QED) is 0.478. The van der Waals surface area contributed by atoms with Gasteiger partial charge in [-0.15, -0.1) is 0 Å². The minimum atomic E-state index is -0.631. The number of benzene rings is 1. The van der Waals surface area contributed by atoms with E-state index in [1.54, 1.807) is 20.8 Å². The summed E-state index contributed by atoms with van der Waals surface area (Å²) in [5.74, 6) is -0.664. The van der Waals surface area contributed by atoms with Crippen LogP contribution in [0.2, 0.25) is 0 Å². The Morgan fingerprint density at radius 2 is 1.45 bits per heavy atom. The predicted octanol–water partition coefficient (Wildman–Crippen LogP) is 4.02. The molecule has 0 unspecified atom stereocenters. The standard InChI is InChI=1S/C25H40N2O6/c1-17(20(13-14-21(26)28)27-23(30)33-25(5,6)7)31-16-19-10-8-18(9-11-19)12-15-22(29)32-24(2,3)4/h8-11,17,20H,12-16H2,1-7H3,(H2,26,28)(H,27,30)/t17-,20+/m1/s1. The van der Waals surface area contributed by atoms with E-state index < -0.39 is 29.2 Å². The van der Waals surface area contributed by atoms with E-state index >= 15 is 0 Å². The van der Waals surface area contributed by atoms with Crippen LogP contribution in [0.1, 0.15) is 78.9 Å². The zero-order chi connectivity index (χ0) is 25.2. The van der Waals surface area contributed by atoms with Gasteiger partial charge in [-0.05, 0) is 72.4 Å². The summed E-state index contributed by atoms with van der Waals surface area (Å²) in [4.78, 5) is 35.3. The van der Waals surface area contributed by atoms with Crippen LogP contribution in [0.15, 0.2) is 24.3 Å². The first-order valence-corrected chi connectivity index (χ1v) is 11.3. The predicted molar refractivity (Wildman–Crippen MR) is 126 cm³/mol. The van der Waals surface area contributed by atoms with Gasteiger partial charge in [-0.3, -0.25) is 9.59 Å². The minimum Gasteiger partial charge on any atom is -0.460 e. The first-order chi connectivity index (χ1) is 15.1. The SMILES string of the molecule is C[C@@H](OCc1ccc(CCC(=O)OC(C)(C)C)cc1)[C@H](CCC(N)=O)NC(=O)OC(C)(C)C. The Balaban J connectivity index is 2.61. The molecule has 2 amide bonds. The van der Waals surface area contributed by atoms with Crippen LogP contribution in [0, 0.1) is 0 Å². The molecule has 0 saturated carbocycles. The largest absolute Gasteiger partial charge is 0.460 e. The molecule has 0 aliphatic heterocycles. The summed E-state index contributed by atoms with van der Waals surface area (Å²) < 4.78 is 16.6. The van der Waals surface area contributed by atoms with Crippen molar-refractivity contribution in [3.63, 3.8) is 0 Å². The van der Waals surface area contributed by atoms with Crippen LogP contribution in [0.5, 0.6) is 0 Å². The first kappa shape index (κ1) is 28.4. The molecule has 0 bridgehead atoms. The maximum Gasteiger partial charge on any atom is 0.407 e. The Kier molecular flexibility index (Phi) is 10.8. The lowest BCUT2D eigenvalue weighted by molar-refractivity contribution is -0.154. The Bertz CT molecular complexity index is 778. The lowest BCUT2D eigenvalue weighted by atomic mass is 10.1. The molecule has 8 nitrogen and oxygen atoms in total. The van der Waals surface area contributed by atoms with E-state index in [2.05, 4.69) is 5.32 Å². The van der Waals surface area contributed by atoms with Crippen LogP contribution in [0.4, 0.5) is 4.79 Å². The second-order valence-corrected chi connectivity index (χ2v) is 10.2. The highest BCUT2D eigenvalue weighted by Gasteiger charge is 2.24. The normalized spacial score (nSPS) is 13.7. The van der Waals surface area contributed by atoms with E-state index in [0.29, 0.717) is 25.9 Å². The van der Waals surface area contributed by atoms with Gasteiger partial charge in [0, 0.05) is 12.8 Å². The number of aryl methyl sites for hydroxylation is 1. The molecule has 0 aromatic heterocycles. The van der Waals surface area contributed by atoms with Gasteiger partial charge >= 0.3 is 12.1 Å². The number of alkyl carbamates (subject to hydrolysis) is 1. The highest BCUT2D eigenvalue weighted by molar-refractivity contribution is 5.74. The molecular weight excluding hydrogens is 424 g/mol. The van der Waals surface area contributed by atoms with E-state index in [1.165, 1.54) is 0 Å². The molecule has 0 aliphatic carbocycles. The molecule has 1 aromatic rings. The maximum atomic E-state index is 12.2. The zero-order valence-electron chi connectivity index (χ0n) is 21.0.